The maximum atomic E-state index is 13.3. The van der Waals surface area contributed by atoms with Gasteiger partial charge in [0.05, 0.1) is 12.7 Å². The Balaban J connectivity index is 2.50. The molecule has 0 heterocycles. The van der Waals surface area contributed by atoms with Crippen molar-refractivity contribution in [2.24, 2.45) is 0 Å². The largest absolute Gasteiger partial charge is 0.504 e. The molecule has 1 aliphatic rings. The van der Waals surface area contributed by atoms with Crippen LogP contribution in [0.1, 0.15) is 18.4 Å². The van der Waals surface area contributed by atoms with Gasteiger partial charge in [0.25, 0.3) is 0 Å². The van der Waals surface area contributed by atoms with Crippen LogP contribution in [0, 0.1) is 5.82 Å². The number of methoxy groups -OCH3 is 1. The third-order valence-corrected chi connectivity index (χ3v) is 2.49. The van der Waals surface area contributed by atoms with E-state index in [9.17, 15) is 14.6 Å². The number of phenols is 1. The zero-order valence-corrected chi connectivity index (χ0v) is 7.75. The van der Waals surface area contributed by atoms with Crippen LogP contribution in [0.4, 0.5) is 4.39 Å². The van der Waals surface area contributed by atoms with Crippen LogP contribution in [0.5, 0.6) is 11.5 Å². The lowest BCUT2D eigenvalue weighted by Crippen LogP contribution is -2.07. The van der Waals surface area contributed by atoms with Gasteiger partial charge in [-0.1, -0.05) is 0 Å². The van der Waals surface area contributed by atoms with E-state index < -0.39 is 11.4 Å². The lowest BCUT2D eigenvalue weighted by molar-refractivity contribution is 0.146. The summed E-state index contributed by atoms with van der Waals surface area (Å²) in [6.45, 7) is 0. The monoisotopic (exact) mass is 198 g/mol. The van der Waals surface area contributed by atoms with Gasteiger partial charge in [-0.2, -0.15) is 0 Å². The Hall–Kier alpha value is -1.29. The maximum absolute atomic E-state index is 13.3. The molecular formula is C10H11FO3. The van der Waals surface area contributed by atoms with Crippen molar-refractivity contribution in [2.45, 2.75) is 18.4 Å². The Morgan fingerprint density at radius 3 is 2.57 bits per heavy atom. The van der Waals surface area contributed by atoms with Crippen LogP contribution in [-0.2, 0) is 5.60 Å². The summed E-state index contributed by atoms with van der Waals surface area (Å²) in [5.74, 6) is -0.664. The Kier molecular flexibility index (Phi) is 1.89. The van der Waals surface area contributed by atoms with Crippen LogP contribution in [0.15, 0.2) is 12.1 Å². The van der Waals surface area contributed by atoms with Crippen LogP contribution < -0.4 is 4.74 Å². The quantitative estimate of drug-likeness (QED) is 0.757. The molecule has 1 saturated carbocycles. The summed E-state index contributed by atoms with van der Waals surface area (Å²) in [7, 11) is 1.38. The Labute approximate surface area is 80.8 Å². The minimum atomic E-state index is -1.05. The first-order chi connectivity index (χ1) is 6.57. The smallest absolute Gasteiger partial charge is 0.161 e. The molecule has 0 aliphatic heterocycles. The summed E-state index contributed by atoms with van der Waals surface area (Å²) in [6.07, 6.45) is 1.11. The molecule has 0 radical (unpaired) electrons. The second-order valence-electron chi connectivity index (χ2n) is 3.54. The molecule has 0 unspecified atom stereocenters. The molecule has 0 bridgehead atoms. The number of halogens is 1. The van der Waals surface area contributed by atoms with E-state index in [1.165, 1.54) is 13.2 Å². The fourth-order valence-electron chi connectivity index (χ4n) is 1.45. The van der Waals surface area contributed by atoms with Gasteiger partial charge < -0.3 is 14.9 Å². The van der Waals surface area contributed by atoms with Crippen LogP contribution in [0.25, 0.3) is 0 Å². The van der Waals surface area contributed by atoms with Crippen molar-refractivity contribution in [3.05, 3.63) is 23.5 Å². The second kappa shape index (κ2) is 2.85. The van der Waals surface area contributed by atoms with E-state index in [-0.39, 0.29) is 17.1 Å². The predicted molar refractivity (Wildman–Crippen MR) is 47.7 cm³/mol. The zero-order valence-electron chi connectivity index (χ0n) is 7.75. The fraction of sp³-hybridized carbons (Fsp3) is 0.400. The average molecular weight is 198 g/mol. The van der Waals surface area contributed by atoms with Gasteiger partial charge in [0.15, 0.2) is 11.5 Å². The van der Waals surface area contributed by atoms with Gasteiger partial charge >= 0.3 is 0 Å². The summed E-state index contributed by atoms with van der Waals surface area (Å²) in [5.41, 5.74) is -0.849. The minimum Gasteiger partial charge on any atom is -0.504 e. The molecule has 2 rings (SSSR count). The van der Waals surface area contributed by atoms with E-state index in [1.807, 2.05) is 0 Å². The Bertz CT molecular complexity index is 372. The predicted octanol–water partition coefficient (Wildman–Crippen LogP) is 1.52. The molecule has 1 aromatic carbocycles. The van der Waals surface area contributed by atoms with Crippen molar-refractivity contribution in [1.29, 1.82) is 0 Å². The van der Waals surface area contributed by atoms with E-state index >= 15 is 0 Å². The third kappa shape index (κ3) is 1.32. The first-order valence-corrected chi connectivity index (χ1v) is 4.36. The van der Waals surface area contributed by atoms with Crippen molar-refractivity contribution in [3.63, 3.8) is 0 Å². The lowest BCUT2D eigenvalue weighted by atomic mass is 10.1. The average Bonchev–Trinajstić information content (AvgIpc) is 2.85. The topological polar surface area (TPSA) is 49.7 Å². The van der Waals surface area contributed by atoms with Crippen LogP contribution in [0.3, 0.4) is 0 Å². The SMILES string of the molecule is COc1cc(C2(O)CC2)c(F)cc1O. The van der Waals surface area contributed by atoms with Crippen molar-refractivity contribution in [2.75, 3.05) is 7.11 Å². The number of phenolic OH excluding ortho intramolecular Hbond substituents is 1. The summed E-state index contributed by atoms with van der Waals surface area (Å²) in [5, 5.41) is 19.0. The van der Waals surface area contributed by atoms with Crippen molar-refractivity contribution in [3.8, 4) is 11.5 Å². The van der Waals surface area contributed by atoms with Crippen LogP contribution in [-0.4, -0.2) is 17.3 Å². The summed E-state index contributed by atoms with van der Waals surface area (Å²) < 4.78 is 18.2. The normalized spacial score (nSPS) is 17.9. The van der Waals surface area contributed by atoms with Gasteiger partial charge in [-0.05, 0) is 18.9 Å². The standard InChI is InChI=1S/C10H11FO3/c1-14-9-4-6(10(13)2-3-10)7(11)5-8(9)12/h4-5,12-13H,2-3H2,1H3. The van der Waals surface area contributed by atoms with E-state index in [4.69, 9.17) is 4.74 Å². The number of hydrogen-bond acceptors (Lipinski definition) is 3. The van der Waals surface area contributed by atoms with E-state index in [2.05, 4.69) is 0 Å². The van der Waals surface area contributed by atoms with E-state index in [1.54, 1.807) is 0 Å². The molecule has 0 spiro atoms. The molecule has 0 aromatic heterocycles. The highest BCUT2D eigenvalue weighted by atomic mass is 19.1. The number of hydrogen-bond donors (Lipinski definition) is 2. The fourth-order valence-corrected chi connectivity index (χ4v) is 1.45. The third-order valence-electron chi connectivity index (χ3n) is 2.49. The van der Waals surface area contributed by atoms with E-state index in [0.717, 1.165) is 6.07 Å². The molecule has 14 heavy (non-hydrogen) atoms. The van der Waals surface area contributed by atoms with Crippen molar-refractivity contribution >= 4 is 0 Å². The minimum absolute atomic E-state index is 0.182. The zero-order chi connectivity index (χ0) is 10.3. The molecule has 0 amide bonds. The first-order valence-electron chi connectivity index (χ1n) is 4.36. The van der Waals surface area contributed by atoms with Gasteiger partial charge in [0, 0.05) is 11.6 Å². The number of rotatable bonds is 2. The lowest BCUT2D eigenvalue weighted by Gasteiger charge is -2.12. The Morgan fingerprint density at radius 2 is 2.07 bits per heavy atom. The van der Waals surface area contributed by atoms with Gasteiger partial charge in [-0.15, -0.1) is 0 Å². The van der Waals surface area contributed by atoms with Crippen LogP contribution in [0.2, 0.25) is 0 Å². The molecular weight excluding hydrogens is 187 g/mol. The first kappa shape index (κ1) is 9.27. The highest BCUT2D eigenvalue weighted by molar-refractivity contribution is 5.45. The molecule has 1 fully saturated rings. The number of ether oxygens (including phenoxy) is 1. The van der Waals surface area contributed by atoms with Gasteiger partial charge in [-0.3, -0.25) is 0 Å². The van der Waals surface area contributed by atoms with E-state index in [0.29, 0.717) is 12.8 Å². The number of aromatic hydroxyl groups is 1. The van der Waals surface area contributed by atoms with Crippen molar-refractivity contribution in [1.82, 2.24) is 0 Å². The molecule has 4 heteroatoms. The number of benzene rings is 1. The van der Waals surface area contributed by atoms with Gasteiger partial charge in [-0.25, -0.2) is 4.39 Å². The van der Waals surface area contributed by atoms with Crippen molar-refractivity contribution < 1.29 is 19.3 Å². The molecule has 1 aromatic rings. The molecule has 0 saturated heterocycles. The summed E-state index contributed by atoms with van der Waals surface area (Å²) >= 11 is 0. The summed E-state index contributed by atoms with van der Waals surface area (Å²) in [4.78, 5) is 0. The maximum Gasteiger partial charge on any atom is 0.161 e. The molecule has 1 aliphatic carbocycles. The Morgan fingerprint density at radius 1 is 1.43 bits per heavy atom. The van der Waals surface area contributed by atoms with Crippen LogP contribution >= 0.6 is 0 Å². The molecule has 0 atom stereocenters. The molecule has 76 valence electrons. The summed E-state index contributed by atoms with van der Waals surface area (Å²) in [6, 6.07) is 2.31. The van der Waals surface area contributed by atoms with Gasteiger partial charge in [0.2, 0.25) is 0 Å². The molecule has 2 N–H and O–H groups in total. The van der Waals surface area contributed by atoms with Gasteiger partial charge in [0.1, 0.15) is 5.82 Å². The second-order valence-corrected chi connectivity index (χ2v) is 3.54. The number of aliphatic hydroxyl groups is 1. The molecule has 3 nitrogen and oxygen atoms in total. The highest BCUT2D eigenvalue weighted by Gasteiger charge is 2.44. The highest BCUT2D eigenvalue weighted by Crippen LogP contribution is 2.48.